The molecule has 0 amide bonds. The van der Waals surface area contributed by atoms with Crippen molar-refractivity contribution in [2.45, 2.75) is 0 Å². The monoisotopic (exact) mass is 288 g/mol. The largest absolute Gasteiger partial charge is 0.390 e. The Kier molecular flexibility index (Phi) is 5.70. The number of oxime groups is 1. The van der Waals surface area contributed by atoms with Crippen LogP contribution in [0.15, 0.2) is 33.2 Å². The first-order valence-corrected chi connectivity index (χ1v) is 5.98. The minimum atomic E-state index is -0.469. The lowest BCUT2D eigenvalue weighted by atomic mass is 10.2. The third-order valence-electron chi connectivity index (χ3n) is 1.53. The maximum Gasteiger partial charge on any atom is 0.235 e. The summed E-state index contributed by atoms with van der Waals surface area (Å²) < 4.78 is 0.0308. The van der Waals surface area contributed by atoms with Crippen molar-refractivity contribution in [3.63, 3.8) is 0 Å². The van der Waals surface area contributed by atoms with Crippen molar-refractivity contribution < 1.29 is 9.63 Å². The summed E-state index contributed by atoms with van der Waals surface area (Å²) in [4.78, 5) is 16.8. The first kappa shape index (κ1) is 13.7. The standard InChI is InChI=1S/C10H6Cl2N2O2S/c11-9(12)3-4-16-14-7(6-13)10(15)8-2-1-5-17-8/h1-3,5H,4H2/b14-7+. The molecule has 7 heteroatoms. The summed E-state index contributed by atoms with van der Waals surface area (Å²) >= 11 is 11.9. The van der Waals surface area contributed by atoms with Gasteiger partial charge in [0.25, 0.3) is 0 Å². The zero-order chi connectivity index (χ0) is 12.7. The number of carbonyl (C=O) groups excluding carboxylic acids is 1. The number of nitrogens with zero attached hydrogens (tertiary/aromatic N) is 2. The molecule has 0 spiro atoms. The number of hydrogen-bond acceptors (Lipinski definition) is 5. The Morgan fingerprint density at radius 3 is 2.94 bits per heavy atom. The van der Waals surface area contributed by atoms with Crippen LogP contribution in [0.25, 0.3) is 0 Å². The van der Waals surface area contributed by atoms with Gasteiger partial charge in [0, 0.05) is 0 Å². The number of carbonyl (C=O) groups is 1. The van der Waals surface area contributed by atoms with Crippen molar-refractivity contribution in [1.29, 1.82) is 5.26 Å². The second-order valence-electron chi connectivity index (χ2n) is 2.65. The zero-order valence-electron chi connectivity index (χ0n) is 8.39. The van der Waals surface area contributed by atoms with Gasteiger partial charge in [-0.2, -0.15) is 5.26 Å². The molecule has 0 fully saturated rings. The summed E-state index contributed by atoms with van der Waals surface area (Å²) in [6.07, 6.45) is 1.34. The Bertz CT molecular complexity index is 485. The van der Waals surface area contributed by atoms with Gasteiger partial charge >= 0.3 is 0 Å². The van der Waals surface area contributed by atoms with Gasteiger partial charge in [0.1, 0.15) is 17.2 Å². The van der Waals surface area contributed by atoms with Crippen LogP contribution >= 0.6 is 34.5 Å². The number of Topliss-reactive ketones (excluding diaryl/α,β-unsaturated/α-hetero) is 1. The molecule has 0 radical (unpaired) electrons. The minimum Gasteiger partial charge on any atom is -0.390 e. The van der Waals surface area contributed by atoms with Crippen LogP contribution in [-0.2, 0) is 4.84 Å². The highest BCUT2D eigenvalue weighted by molar-refractivity contribution is 7.13. The molecule has 1 heterocycles. The molecule has 1 rings (SSSR count). The molecule has 0 N–H and O–H groups in total. The molecule has 0 saturated carbocycles. The van der Waals surface area contributed by atoms with Crippen molar-refractivity contribution >= 4 is 46.0 Å². The van der Waals surface area contributed by atoms with E-state index < -0.39 is 5.78 Å². The number of ketones is 1. The average molecular weight is 289 g/mol. The lowest BCUT2D eigenvalue weighted by Crippen LogP contribution is -2.11. The van der Waals surface area contributed by atoms with Crippen molar-refractivity contribution in [3.05, 3.63) is 33.0 Å². The topological polar surface area (TPSA) is 62.4 Å². The van der Waals surface area contributed by atoms with Gasteiger partial charge in [-0.15, -0.1) is 11.3 Å². The molecular weight excluding hydrogens is 283 g/mol. The summed E-state index contributed by atoms with van der Waals surface area (Å²) in [6, 6.07) is 4.99. The van der Waals surface area contributed by atoms with Crippen LogP contribution in [0.1, 0.15) is 9.67 Å². The third kappa shape index (κ3) is 4.57. The normalized spacial score (nSPS) is 10.5. The second-order valence-corrected chi connectivity index (χ2v) is 4.60. The Hall–Kier alpha value is -1.35. The predicted molar refractivity (Wildman–Crippen MR) is 67.4 cm³/mol. The van der Waals surface area contributed by atoms with E-state index in [-0.39, 0.29) is 16.8 Å². The Morgan fingerprint density at radius 1 is 1.65 bits per heavy atom. The van der Waals surface area contributed by atoms with E-state index >= 15 is 0 Å². The highest BCUT2D eigenvalue weighted by Gasteiger charge is 2.15. The van der Waals surface area contributed by atoms with Crippen LogP contribution < -0.4 is 0 Å². The molecule has 1 aromatic rings. The average Bonchev–Trinajstić information content (AvgIpc) is 2.81. The van der Waals surface area contributed by atoms with E-state index in [0.29, 0.717) is 4.88 Å². The lowest BCUT2D eigenvalue weighted by molar-refractivity contribution is 0.105. The van der Waals surface area contributed by atoms with E-state index in [1.807, 2.05) is 0 Å². The van der Waals surface area contributed by atoms with E-state index in [9.17, 15) is 4.79 Å². The van der Waals surface area contributed by atoms with Crippen LogP contribution in [0, 0.1) is 11.3 Å². The van der Waals surface area contributed by atoms with Crippen LogP contribution in [0.3, 0.4) is 0 Å². The van der Waals surface area contributed by atoms with Gasteiger partial charge in [0.15, 0.2) is 0 Å². The lowest BCUT2D eigenvalue weighted by Gasteiger charge is -1.95. The molecule has 17 heavy (non-hydrogen) atoms. The molecule has 0 atom stereocenters. The quantitative estimate of drug-likeness (QED) is 0.362. The first-order chi connectivity index (χ1) is 8.15. The molecular formula is C10H6Cl2N2O2S. The summed E-state index contributed by atoms with van der Waals surface area (Å²) in [5.74, 6) is -0.469. The summed E-state index contributed by atoms with van der Waals surface area (Å²) in [6.45, 7) is -0.00870. The summed E-state index contributed by atoms with van der Waals surface area (Å²) in [7, 11) is 0. The molecule has 4 nitrogen and oxygen atoms in total. The molecule has 0 saturated heterocycles. The second kappa shape index (κ2) is 7.07. The molecule has 0 aliphatic rings. The number of hydrogen-bond donors (Lipinski definition) is 0. The zero-order valence-corrected chi connectivity index (χ0v) is 10.7. The van der Waals surface area contributed by atoms with Gasteiger partial charge < -0.3 is 4.84 Å². The van der Waals surface area contributed by atoms with E-state index in [1.54, 1.807) is 23.6 Å². The van der Waals surface area contributed by atoms with Crippen LogP contribution in [0.2, 0.25) is 0 Å². The number of rotatable bonds is 5. The fraction of sp³-hybridized carbons (Fsp3) is 0.100. The minimum absolute atomic E-state index is 0.00870. The van der Waals surface area contributed by atoms with Crippen molar-refractivity contribution in [3.8, 4) is 6.07 Å². The molecule has 0 aromatic carbocycles. The van der Waals surface area contributed by atoms with Crippen LogP contribution in [-0.4, -0.2) is 18.1 Å². The van der Waals surface area contributed by atoms with E-state index in [0.717, 1.165) is 0 Å². The molecule has 0 aliphatic heterocycles. The number of nitriles is 1. The maximum absolute atomic E-state index is 11.7. The smallest absolute Gasteiger partial charge is 0.235 e. The molecule has 0 bridgehead atoms. The van der Waals surface area contributed by atoms with Crippen molar-refractivity contribution in [2.24, 2.45) is 5.16 Å². The van der Waals surface area contributed by atoms with Gasteiger partial charge in [-0.05, 0) is 17.5 Å². The van der Waals surface area contributed by atoms with Crippen molar-refractivity contribution in [1.82, 2.24) is 0 Å². The Morgan fingerprint density at radius 2 is 2.41 bits per heavy atom. The predicted octanol–water partition coefficient (Wildman–Crippen LogP) is 3.15. The number of halogens is 2. The Balaban J connectivity index is 2.66. The van der Waals surface area contributed by atoms with E-state index in [1.165, 1.54) is 17.4 Å². The number of thiophene rings is 1. The van der Waals surface area contributed by atoms with E-state index in [2.05, 4.69) is 5.16 Å². The van der Waals surface area contributed by atoms with Gasteiger partial charge in [-0.1, -0.05) is 34.4 Å². The highest BCUT2D eigenvalue weighted by atomic mass is 35.5. The van der Waals surface area contributed by atoms with Gasteiger partial charge in [0.05, 0.1) is 4.88 Å². The van der Waals surface area contributed by atoms with Crippen LogP contribution in [0.5, 0.6) is 0 Å². The highest BCUT2D eigenvalue weighted by Crippen LogP contribution is 2.10. The Labute approximate surface area is 112 Å². The molecule has 0 aliphatic carbocycles. The van der Waals surface area contributed by atoms with Gasteiger partial charge in [-0.25, -0.2) is 0 Å². The molecule has 1 aromatic heterocycles. The molecule has 0 unspecified atom stereocenters. The van der Waals surface area contributed by atoms with E-state index in [4.69, 9.17) is 33.3 Å². The van der Waals surface area contributed by atoms with Gasteiger partial charge in [-0.3, -0.25) is 4.79 Å². The SMILES string of the molecule is N#C/C(=N\OCC=C(Cl)Cl)C(=O)c1cccs1. The fourth-order valence-electron chi connectivity index (χ4n) is 0.839. The van der Waals surface area contributed by atoms with Crippen molar-refractivity contribution in [2.75, 3.05) is 6.61 Å². The van der Waals surface area contributed by atoms with Crippen LogP contribution in [0.4, 0.5) is 0 Å². The van der Waals surface area contributed by atoms with Gasteiger partial charge in [0.2, 0.25) is 11.5 Å². The maximum atomic E-state index is 11.7. The summed E-state index contributed by atoms with van der Waals surface area (Å²) in [5.41, 5.74) is -0.313. The third-order valence-corrected chi connectivity index (χ3v) is 2.71. The summed E-state index contributed by atoms with van der Waals surface area (Å²) in [5, 5.41) is 13.9. The first-order valence-electron chi connectivity index (χ1n) is 4.34. The fourth-order valence-corrected chi connectivity index (χ4v) is 1.63. The molecule has 88 valence electrons.